The minimum absolute atomic E-state index is 0.128. The fourth-order valence-electron chi connectivity index (χ4n) is 5.12. The van der Waals surface area contributed by atoms with Gasteiger partial charge in [-0.25, -0.2) is 0 Å². The lowest BCUT2D eigenvalue weighted by molar-refractivity contribution is -0.138. The largest absolute Gasteiger partial charge is 0.489 e. The van der Waals surface area contributed by atoms with Crippen LogP contribution in [-0.4, -0.2) is 35.4 Å². The number of nitrogens with zero attached hydrogens (tertiary/aromatic N) is 1. The molecule has 0 radical (unpaired) electrons. The van der Waals surface area contributed by atoms with Gasteiger partial charge in [-0.05, 0) is 49.6 Å². The van der Waals surface area contributed by atoms with Crippen molar-refractivity contribution in [2.75, 3.05) is 13.3 Å². The molecule has 3 N–H and O–H groups in total. The Morgan fingerprint density at radius 1 is 0.860 bits per heavy atom. The summed E-state index contributed by atoms with van der Waals surface area (Å²) in [4.78, 5) is 13.7. The van der Waals surface area contributed by atoms with Crippen molar-refractivity contribution in [3.05, 3.63) is 118 Å². The summed E-state index contributed by atoms with van der Waals surface area (Å²) in [5.74, 6) is 1.72. The summed E-state index contributed by atoms with van der Waals surface area (Å²) in [6.07, 6.45) is 0.271. The minimum atomic E-state index is -1.03. The number of carboxylic acid groups (broad SMARTS) is 1. The fraction of sp³-hybridized carbons (Fsp3) is 0.286. The number of fused-ring (bicyclic) bond motifs is 1. The van der Waals surface area contributed by atoms with Crippen molar-refractivity contribution in [1.29, 1.82) is 0 Å². The van der Waals surface area contributed by atoms with Crippen LogP contribution in [0.5, 0.6) is 23.0 Å². The zero-order valence-corrected chi connectivity index (χ0v) is 24.6. The van der Waals surface area contributed by atoms with Crippen LogP contribution in [0.3, 0.4) is 0 Å². The molecule has 0 spiro atoms. The zero-order chi connectivity index (χ0) is 30.2. The first-order chi connectivity index (χ1) is 20.9. The molecule has 1 aliphatic heterocycles. The molecule has 0 fully saturated rings. The molecule has 4 aromatic rings. The van der Waals surface area contributed by atoms with Crippen molar-refractivity contribution >= 4 is 5.97 Å². The molecule has 0 bridgehead atoms. The van der Waals surface area contributed by atoms with Crippen LogP contribution in [0.15, 0.2) is 84.9 Å². The van der Waals surface area contributed by atoms with E-state index >= 15 is 0 Å². The molecular formula is C35H38N2O6. The van der Waals surface area contributed by atoms with Gasteiger partial charge < -0.3 is 29.8 Å². The van der Waals surface area contributed by atoms with Gasteiger partial charge in [0.2, 0.25) is 6.79 Å². The maximum absolute atomic E-state index is 11.6. The predicted molar refractivity (Wildman–Crippen MR) is 164 cm³/mol. The van der Waals surface area contributed by atoms with Crippen LogP contribution < -0.4 is 24.7 Å². The molecule has 0 aromatic heterocycles. The van der Waals surface area contributed by atoms with Gasteiger partial charge in [0, 0.05) is 25.2 Å². The quantitative estimate of drug-likeness (QED) is 0.187. The zero-order valence-electron chi connectivity index (χ0n) is 24.6. The molecule has 8 heteroatoms. The molecule has 5 rings (SSSR count). The smallest absolute Gasteiger partial charge is 0.320 e. The lowest BCUT2D eigenvalue weighted by atomic mass is 10.1. The van der Waals surface area contributed by atoms with E-state index in [0.717, 1.165) is 33.6 Å². The first-order valence-electron chi connectivity index (χ1n) is 14.4. The number of carbonyl (C=O) groups is 1. The van der Waals surface area contributed by atoms with Crippen molar-refractivity contribution in [3.63, 3.8) is 0 Å². The van der Waals surface area contributed by atoms with E-state index in [-0.39, 0.29) is 13.2 Å². The van der Waals surface area contributed by atoms with Crippen molar-refractivity contribution in [1.82, 2.24) is 4.90 Å². The Hall–Kier alpha value is -4.53. The third-order valence-corrected chi connectivity index (χ3v) is 7.37. The van der Waals surface area contributed by atoms with Crippen molar-refractivity contribution in [2.24, 2.45) is 5.73 Å². The molecule has 8 nitrogen and oxygen atoms in total. The van der Waals surface area contributed by atoms with E-state index in [1.54, 1.807) is 0 Å². The van der Waals surface area contributed by atoms with Crippen molar-refractivity contribution in [2.45, 2.75) is 52.6 Å². The molecule has 0 saturated carbocycles. The molecule has 224 valence electrons. The number of para-hydroxylation sites is 1. The Balaban J connectivity index is 1.40. The first-order valence-corrected chi connectivity index (χ1v) is 14.4. The topological polar surface area (TPSA) is 103 Å². The van der Waals surface area contributed by atoms with Gasteiger partial charge in [0.15, 0.2) is 11.5 Å². The van der Waals surface area contributed by atoms with Crippen LogP contribution in [0.4, 0.5) is 0 Å². The Morgan fingerprint density at radius 2 is 1.53 bits per heavy atom. The van der Waals surface area contributed by atoms with Gasteiger partial charge in [0.25, 0.3) is 0 Å². The van der Waals surface area contributed by atoms with Gasteiger partial charge >= 0.3 is 5.97 Å². The van der Waals surface area contributed by atoms with Gasteiger partial charge in [0.05, 0.1) is 5.56 Å². The van der Waals surface area contributed by atoms with Crippen molar-refractivity contribution in [3.8, 4) is 23.0 Å². The van der Waals surface area contributed by atoms with Gasteiger partial charge in [-0.1, -0.05) is 77.9 Å². The van der Waals surface area contributed by atoms with E-state index in [0.29, 0.717) is 50.1 Å². The van der Waals surface area contributed by atoms with Crippen LogP contribution >= 0.6 is 0 Å². The molecule has 43 heavy (non-hydrogen) atoms. The highest BCUT2D eigenvalue weighted by molar-refractivity contribution is 5.73. The molecule has 1 heterocycles. The number of ether oxygens (including phenoxy) is 4. The highest BCUT2D eigenvalue weighted by Crippen LogP contribution is 2.42. The van der Waals surface area contributed by atoms with E-state index in [9.17, 15) is 9.90 Å². The number of aliphatic carboxylic acids is 1. The van der Waals surface area contributed by atoms with Crippen LogP contribution in [0, 0.1) is 13.8 Å². The van der Waals surface area contributed by atoms with E-state index < -0.39 is 12.0 Å². The fourth-order valence-corrected chi connectivity index (χ4v) is 5.12. The lowest BCUT2D eigenvalue weighted by Gasteiger charge is -2.26. The monoisotopic (exact) mass is 582 g/mol. The summed E-state index contributed by atoms with van der Waals surface area (Å²) in [7, 11) is 0. The predicted octanol–water partition coefficient (Wildman–Crippen LogP) is 5.99. The Bertz CT molecular complexity index is 1560. The van der Waals surface area contributed by atoms with Gasteiger partial charge in [0.1, 0.15) is 30.8 Å². The summed E-state index contributed by atoms with van der Waals surface area (Å²) < 4.78 is 24.2. The highest BCUT2D eigenvalue weighted by Gasteiger charge is 2.25. The first kappa shape index (κ1) is 29.9. The average molecular weight is 583 g/mol. The minimum Gasteiger partial charge on any atom is -0.489 e. The number of rotatable bonds is 14. The number of hydrogen-bond donors (Lipinski definition) is 2. The second-order valence-electron chi connectivity index (χ2n) is 10.9. The molecule has 1 aliphatic rings. The summed E-state index contributed by atoms with van der Waals surface area (Å²) in [6, 6.07) is 27.1. The Morgan fingerprint density at radius 3 is 2.21 bits per heavy atom. The Kier molecular flexibility index (Phi) is 9.81. The van der Waals surface area contributed by atoms with E-state index in [1.165, 1.54) is 5.56 Å². The summed E-state index contributed by atoms with van der Waals surface area (Å²) in [5, 5.41) is 9.46. The third kappa shape index (κ3) is 8.06. The van der Waals surface area contributed by atoms with Crippen LogP contribution in [0.2, 0.25) is 0 Å². The van der Waals surface area contributed by atoms with Gasteiger partial charge in [-0.15, -0.1) is 0 Å². The maximum atomic E-state index is 11.6. The SMILES string of the molecule is Cc1cccc(COc2ccccc2CN(CC[C@H](N)C(=O)O)Cc2c(OCc3cccc(C)c3)ccc3c2OCO3)c1. The molecule has 0 amide bonds. The molecule has 0 unspecified atom stereocenters. The number of hydrogen-bond acceptors (Lipinski definition) is 7. The average Bonchev–Trinajstić information content (AvgIpc) is 3.48. The van der Waals surface area contributed by atoms with E-state index in [2.05, 4.69) is 43.0 Å². The number of nitrogens with two attached hydrogens (primary N) is 1. The summed E-state index contributed by atoms with van der Waals surface area (Å²) in [6.45, 7) is 6.44. The second-order valence-corrected chi connectivity index (χ2v) is 10.9. The van der Waals surface area contributed by atoms with Gasteiger partial charge in [-0.3, -0.25) is 9.69 Å². The maximum Gasteiger partial charge on any atom is 0.320 e. The lowest BCUT2D eigenvalue weighted by Crippen LogP contribution is -2.35. The van der Waals surface area contributed by atoms with Crippen LogP contribution in [-0.2, 0) is 31.1 Å². The van der Waals surface area contributed by atoms with Crippen LogP contribution in [0.25, 0.3) is 0 Å². The van der Waals surface area contributed by atoms with E-state index in [1.807, 2.05) is 60.7 Å². The molecule has 0 aliphatic carbocycles. The van der Waals surface area contributed by atoms with Crippen molar-refractivity contribution < 1.29 is 28.8 Å². The number of aryl methyl sites for hydroxylation is 2. The number of carboxylic acids is 1. The second kappa shape index (κ2) is 14.1. The third-order valence-electron chi connectivity index (χ3n) is 7.37. The van der Waals surface area contributed by atoms with Gasteiger partial charge in [-0.2, -0.15) is 0 Å². The standard InChI is InChI=1S/C35H38N2O6/c1-24-7-5-9-26(17-24)21-40-31-12-4-3-11-28(31)19-37(16-15-30(36)35(38)39)20-29-32(13-14-33-34(29)43-23-42-33)41-22-27-10-6-8-25(2)18-27/h3-14,17-18,30H,15-16,19-23,36H2,1-2H3,(H,38,39)/t30-/m0/s1. The highest BCUT2D eigenvalue weighted by atomic mass is 16.7. The normalized spacial score (nSPS) is 12.7. The Labute approximate surface area is 252 Å². The summed E-state index contributed by atoms with van der Waals surface area (Å²) in [5.41, 5.74) is 12.2. The molecule has 1 atom stereocenters. The number of benzene rings is 4. The van der Waals surface area contributed by atoms with E-state index in [4.69, 9.17) is 24.7 Å². The summed E-state index contributed by atoms with van der Waals surface area (Å²) >= 11 is 0. The molecule has 4 aromatic carbocycles. The molecular weight excluding hydrogens is 544 g/mol. The van der Waals surface area contributed by atoms with Crippen LogP contribution in [0.1, 0.15) is 39.8 Å². The molecule has 0 saturated heterocycles.